The molecule has 2 aromatic carbocycles. The van der Waals surface area contributed by atoms with Gasteiger partial charge in [0.25, 0.3) is 5.56 Å². The van der Waals surface area contributed by atoms with Gasteiger partial charge in [-0.2, -0.15) is 4.68 Å². The van der Waals surface area contributed by atoms with Crippen LogP contribution >= 0.6 is 11.8 Å². The molecule has 0 bridgehead atoms. The topological polar surface area (TPSA) is 94.4 Å². The number of para-hydroxylation sites is 1. The van der Waals surface area contributed by atoms with Crippen LogP contribution in [0.2, 0.25) is 0 Å². The van der Waals surface area contributed by atoms with E-state index in [1.54, 1.807) is 24.3 Å². The lowest BCUT2D eigenvalue weighted by atomic mass is 10.2. The third kappa shape index (κ3) is 2.36. The van der Waals surface area contributed by atoms with Gasteiger partial charge in [0.05, 0.1) is 11.1 Å². The second-order valence-electron chi connectivity index (χ2n) is 6.56. The number of hydrogen-bond acceptors (Lipinski definition) is 7. The van der Waals surface area contributed by atoms with Gasteiger partial charge in [-0.25, -0.2) is 4.79 Å². The summed E-state index contributed by atoms with van der Waals surface area (Å²) in [6.45, 7) is -0.365. The first-order valence-corrected chi connectivity index (χ1v) is 9.53. The summed E-state index contributed by atoms with van der Waals surface area (Å²) in [5.41, 5.74) is 0.801. The van der Waals surface area contributed by atoms with Crippen LogP contribution in [0.5, 0.6) is 0 Å². The molecule has 0 unspecified atom stereocenters. The first-order chi connectivity index (χ1) is 13.6. The summed E-state index contributed by atoms with van der Waals surface area (Å²) in [4.78, 5) is 39.2. The molecule has 0 N–H and O–H groups in total. The van der Waals surface area contributed by atoms with Crippen LogP contribution in [-0.4, -0.2) is 31.7 Å². The Hall–Kier alpha value is -3.20. The summed E-state index contributed by atoms with van der Waals surface area (Å²) in [6.07, 6.45) is 0.620. The maximum Gasteiger partial charge on any atom is 0.345 e. The number of rotatable bonds is 3. The van der Waals surface area contributed by atoms with Crippen molar-refractivity contribution in [2.45, 2.75) is 29.3 Å². The quantitative estimate of drug-likeness (QED) is 0.627. The van der Waals surface area contributed by atoms with E-state index in [4.69, 9.17) is 4.74 Å². The fourth-order valence-corrected chi connectivity index (χ4v) is 5.02. The number of ether oxygens (including phenoxy) is 1. The van der Waals surface area contributed by atoms with Crippen LogP contribution in [0.25, 0.3) is 10.9 Å². The zero-order valence-corrected chi connectivity index (χ0v) is 15.4. The average Bonchev–Trinajstić information content (AvgIpc) is 3.23. The summed E-state index contributed by atoms with van der Waals surface area (Å²) in [6, 6.07) is 14.2. The Kier molecular flexibility index (Phi) is 3.73. The maximum atomic E-state index is 13.0. The zero-order chi connectivity index (χ0) is 19.3. The van der Waals surface area contributed by atoms with Gasteiger partial charge < -0.3 is 4.74 Å². The number of amides is 1. The predicted octanol–water partition coefficient (Wildman–Crippen LogP) is 1.92. The third-order valence-electron chi connectivity index (χ3n) is 4.94. The second kappa shape index (κ2) is 6.16. The highest BCUT2D eigenvalue weighted by atomic mass is 32.2. The van der Waals surface area contributed by atoms with E-state index in [9.17, 15) is 14.4 Å². The van der Waals surface area contributed by atoms with Crippen LogP contribution in [-0.2, 0) is 21.1 Å². The SMILES string of the molecule is O=C1CC[C@@]2(C(=O)OCn3nnc4ccccc4c3=O)Sc3ccccc3N12. The Morgan fingerprint density at radius 2 is 1.93 bits per heavy atom. The van der Waals surface area contributed by atoms with Crippen LogP contribution in [0.4, 0.5) is 5.69 Å². The molecule has 0 aliphatic carbocycles. The number of nitrogens with zero attached hydrogens (tertiary/aromatic N) is 4. The Morgan fingerprint density at radius 3 is 2.82 bits per heavy atom. The number of thioether (sulfide) groups is 1. The molecular weight excluding hydrogens is 380 g/mol. The van der Waals surface area contributed by atoms with E-state index in [-0.39, 0.29) is 19.1 Å². The molecule has 0 radical (unpaired) electrons. The van der Waals surface area contributed by atoms with Gasteiger partial charge in [0.2, 0.25) is 5.91 Å². The average molecular weight is 394 g/mol. The molecule has 1 amide bonds. The molecule has 3 heterocycles. The first-order valence-electron chi connectivity index (χ1n) is 8.71. The number of anilines is 1. The second-order valence-corrected chi connectivity index (χ2v) is 7.87. The standard InChI is InChI=1S/C19H14N4O4S/c24-16-9-10-19(23(16)14-7-3-4-8-15(14)28-19)18(26)27-11-22-17(25)12-5-1-2-6-13(12)20-21-22/h1-8H,9-11H2/t19-/m0/s1. The minimum absolute atomic E-state index is 0.114. The monoisotopic (exact) mass is 394 g/mol. The fraction of sp³-hybridized carbons (Fsp3) is 0.211. The molecule has 28 heavy (non-hydrogen) atoms. The highest BCUT2D eigenvalue weighted by Gasteiger charge is 2.58. The molecule has 3 aromatic rings. The number of benzene rings is 2. The molecule has 8 nitrogen and oxygen atoms in total. The zero-order valence-electron chi connectivity index (χ0n) is 14.6. The number of esters is 1. The highest BCUT2D eigenvalue weighted by Crippen LogP contribution is 2.56. The molecule has 1 aromatic heterocycles. The first kappa shape index (κ1) is 16.9. The van der Waals surface area contributed by atoms with Crippen molar-refractivity contribution in [3.05, 3.63) is 58.9 Å². The number of carbonyl (C=O) groups is 2. The lowest BCUT2D eigenvalue weighted by Gasteiger charge is -2.28. The molecule has 0 spiro atoms. The van der Waals surface area contributed by atoms with E-state index < -0.39 is 16.4 Å². The molecular formula is C19H14N4O4S. The highest BCUT2D eigenvalue weighted by molar-refractivity contribution is 8.02. The molecule has 1 fully saturated rings. The van der Waals surface area contributed by atoms with Gasteiger partial charge in [0, 0.05) is 17.7 Å². The molecule has 1 atom stereocenters. The maximum absolute atomic E-state index is 13.0. The normalized spacial score (nSPS) is 20.3. The Bertz CT molecular complexity index is 1190. The van der Waals surface area contributed by atoms with Gasteiger partial charge in [0.1, 0.15) is 5.52 Å². The van der Waals surface area contributed by atoms with Crippen molar-refractivity contribution in [2.24, 2.45) is 0 Å². The van der Waals surface area contributed by atoms with Gasteiger partial charge in [-0.05, 0) is 24.3 Å². The van der Waals surface area contributed by atoms with Crippen molar-refractivity contribution >= 4 is 40.2 Å². The van der Waals surface area contributed by atoms with E-state index in [0.29, 0.717) is 17.3 Å². The largest absolute Gasteiger partial charge is 0.440 e. The molecule has 0 saturated carbocycles. The van der Waals surface area contributed by atoms with E-state index in [1.165, 1.54) is 16.7 Å². The van der Waals surface area contributed by atoms with Crippen molar-refractivity contribution in [3.8, 4) is 0 Å². The summed E-state index contributed by atoms with van der Waals surface area (Å²) >= 11 is 1.32. The number of fused-ring (bicyclic) bond motifs is 4. The van der Waals surface area contributed by atoms with Crippen LogP contribution < -0.4 is 10.5 Å². The van der Waals surface area contributed by atoms with E-state index in [0.717, 1.165) is 15.3 Å². The van der Waals surface area contributed by atoms with Crippen molar-refractivity contribution < 1.29 is 14.3 Å². The van der Waals surface area contributed by atoms with Crippen molar-refractivity contribution in [3.63, 3.8) is 0 Å². The van der Waals surface area contributed by atoms with E-state index >= 15 is 0 Å². The summed E-state index contributed by atoms with van der Waals surface area (Å²) in [5.74, 6) is -0.682. The predicted molar refractivity (Wildman–Crippen MR) is 102 cm³/mol. The molecule has 140 valence electrons. The summed E-state index contributed by atoms with van der Waals surface area (Å²) in [5, 5.41) is 8.21. The molecule has 1 saturated heterocycles. The van der Waals surface area contributed by atoms with Crippen LogP contribution in [0, 0.1) is 0 Å². The minimum Gasteiger partial charge on any atom is -0.440 e. The number of carbonyl (C=O) groups excluding carboxylic acids is 2. The van der Waals surface area contributed by atoms with Gasteiger partial charge >= 0.3 is 5.97 Å². The fourth-order valence-electron chi connectivity index (χ4n) is 3.61. The van der Waals surface area contributed by atoms with Crippen LogP contribution in [0.1, 0.15) is 12.8 Å². The number of hydrogen-bond donors (Lipinski definition) is 0. The van der Waals surface area contributed by atoms with Gasteiger partial charge in [-0.1, -0.05) is 41.2 Å². The molecule has 9 heteroatoms. The van der Waals surface area contributed by atoms with Crippen molar-refractivity contribution in [2.75, 3.05) is 4.90 Å². The Labute approximate surface area is 163 Å². The lowest BCUT2D eigenvalue weighted by molar-refractivity contribution is -0.151. The van der Waals surface area contributed by atoms with E-state index in [1.807, 2.05) is 24.3 Å². The Balaban J connectivity index is 1.43. The third-order valence-corrected chi connectivity index (χ3v) is 6.40. The van der Waals surface area contributed by atoms with Crippen molar-refractivity contribution in [1.29, 1.82) is 0 Å². The number of aromatic nitrogens is 3. The summed E-state index contributed by atoms with van der Waals surface area (Å²) in [7, 11) is 0. The molecule has 5 rings (SSSR count). The minimum atomic E-state index is -1.13. The van der Waals surface area contributed by atoms with Crippen LogP contribution in [0.3, 0.4) is 0 Å². The lowest BCUT2D eigenvalue weighted by Crippen LogP contribution is -2.48. The van der Waals surface area contributed by atoms with Gasteiger partial charge in [0.15, 0.2) is 11.6 Å². The van der Waals surface area contributed by atoms with Gasteiger partial charge in [-0.15, -0.1) is 5.10 Å². The summed E-state index contributed by atoms with van der Waals surface area (Å²) < 4.78 is 6.44. The Morgan fingerprint density at radius 1 is 1.14 bits per heavy atom. The van der Waals surface area contributed by atoms with Crippen LogP contribution in [0.15, 0.2) is 58.2 Å². The molecule has 2 aliphatic heterocycles. The van der Waals surface area contributed by atoms with E-state index in [2.05, 4.69) is 10.3 Å². The van der Waals surface area contributed by atoms with Gasteiger partial charge in [-0.3, -0.25) is 14.5 Å². The molecule has 2 aliphatic rings. The van der Waals surface area contributed by atoms with Crippen molar-refractivity contribution in [1.82, 2.24) is 15.0 Å². The smallest absolute Gasteiger partial charge is 0.345 e.